The molecule has 2 fully saturated rings. The summed E-state index contributed by atoms with van der Waals surface area (Å²) in [5, 5.41) is 26.4. The highest BCUT2D eigenvalue weighted by Gasteiger charge is 2.27. The lowest BCUT2D eigenvalue weighted by atomic mass is 9.90. The number of aryl methyl sites for hydroxylation is 1. The smallest absolute Gasteiger partial charge is 0.257 e. The minimum absolute atomic E-state index is 0.0227. The predicted octanol–water partition coefficient (Wildman–Crippen LogP) is 6.09. The van der Waals surface area contributed by atoms with Crippen molar-refractivity contribution in [3.63, 3.8) is 0 Å². The molecule has 3 aromatic carbocycles. The summed E-state index contributed by atoms with van der Waals surface area (Å²) in [5.74, 6) is -0.984. The van der Waals surface area contributed by atoms with Gasteiger partial charge in [0.1, 0.15) is 28.6 Å². The molecule has 0 unspecified atom stereocenters. The van der Waals surface area contributed by atoms with E-state index in [-0.39, 0.29) is 46.5 Å². The van der Waals surface area contributed by atoms with Gasteiger partial charge in [0.05, 0.1) is 18.4 Å². The number of carbonyl (C=O) groups is 2. The van der Waals surface area contributed by atoms with Crippen molar-refractivity contribution in [2.45, 2.75) is 57.7 Å². The number of carbonyl (C=O) groups excluding carboxylic acids is 2. The van der Waals surface area contributed by atoms with Crippen molar-refractivity contribution in [2.24, 2.45) is 0 Å². The largest absolute Gasteiger partial charge is 0.508 e. The van der Waals surface area contributed by atoms with E-state index >= 15 is 0 Å². The molecular weight excluding hydrogens is 627 g/mol. The number of hydrogen-bond acceptors (Lipinski definition) is 8. The third-order valence-electron chi connectivity index (χ3n) is 9.01. The van der Waals surface area contributed by atoms with E-state index in [2.05, 4.69) is 20.5 Å². The van der Waals surface area contributed by atoms with Gasteiger partial charge in [0.15, 0.2) is 0 Å². The van der Waals surface area contributed by atoms with Crippen LogP contribution in [0.15, 0.2) is 72.9 Å². The zero-order chi connectivity index (χ0) is 34.3. The van der Waals surface area contributed by atoms with Crippen molar-refractivity contribution in [3.8, 4) is 34.3 Å². The molecule has 0 atom stereocenters. The molecule has 11 heteroatoms. The summed E-state index contributed by atoms with van der Waals surface area (Å²) in [6.07, 6.45) is 4.43. The summed E-state index contributed by atoms with van der Waals surface area (Å²) in [4.78, 5) is 32.6. The number of phenolic OH excluding ortho intramolecular Hbond substituents is 2. The van der Waals surface area contributed by atoms with Crippen molar-refractivity contribution in [1.29, 1.82) is 0 Å². The molecule has 0 radical (unpaired) electrons. The van der Waals surface area contributed by atoms with E-state index in [0.29, 0.717) is 44.6 Å². The number of ether oxygens (including phenoxy) is 2. The van der Waals surface area contributed by atoms with E-state index in [9.17, 15) is 24.2 Å². The average molecular weight is 669 g/mol. The van der Waals surface area contributed by atoms with Crippen LogP contribution in [0.5, 0.6) is 23.1 Å². The number of nitrogens with zero attached hydrogens (tertiary/aromatic N) is 2. The molecule has 49 heavy (non-hydrogen) atoms. The quantitative estimate of drug-likeness (QED) is 0.168. The van der Waals surface area contributed by atoms with Crippen LogP contribution in [0.3, 0.4) is 0 Å². The van der Waals surface area contributed by atoms with E-state index in [1.165, 1.54) is 6.07 Å². The second-order valence-corrected chi connectivity index (χ2v) is 12.7. The summed E-state index contributed by atoms with van der Waals surface area (Å²) in [5.41, 5.74) is 3.83. The van der Waals surface area contributed by atoms with Crippen LogP contribution in [0, 0.1) is 12.7 Å². The summed E-state index contributed by atoms with van der Waals surface area (Å²) in [6, 6.07) is 18.4. The summed E-state index contributed by atoms with van der Waals surface area (Å²) in [6.45, 7) is 5.61. The third-order valence-corrected chi connectivity index (χ3v) is 9.01. The first-order chi connectivity index (χ1) is 23.7. The van der Waals surface area contributed by atoms with Gasteiger partial charge in [0.2, 0.25) is 5.88 Å². The molecule has 1 saturated carbocycles. The van der Waals surface area contributed by atoms with Gasteiger partial charge in [-0.3, -0.25) is 14.5 Å². The number of aromatic nitrogens is 1. The normalized spacial score (nSPS) is 18.3. The van der Waals surface area contributed by atoms with Crippen LogP contribution in [0.4, 0.5) is 4.39 Å². The van der Waals surface area contributed by atoms with Crippen LogP contribution in [-0.4, -0.2) is 70.3 Å². The highest BCUT2D eigenvalue weighted by atomic mass is 19.1. The average Bonchev–Trinajstić information content (AvgIpc) is 3.36. The molecule has 10 nitrogen and oxygen atoms in total. The summed E-state index contributed by atoms with van der Waals surface area (Å²) in [7, 11) is 0. The molecule has 4 aromatic rings. The van der Waals surface area contributed by atoms with Crippen molar-refractivity contribution in [1.82, 2.24) is 20.5 Å². The van der Waals surface area contributed by atoms with Crippen LogP contribution in [0.1, 0.15) is 63.9 Å². The zero-order valence-corrected chi connectivity index (χ0v) is 27.5. The second kappa shape index (κ2) is 15.5. The van der Waals surface area contributed by atoms with Gasteiger partial charge in [0, 0.05) is 38.3 Å². The Morgan fingerprint density at radius 1 is 0.918 bits per heavy atom. The number of phenols is 2. The number of amides is 2. The fourth-order valence-corrected chi connectivity index (χ4v) is 6.44. The fourth-order valence-electron chi connectivity index (χ4n) is 6.44. The number of aromatic hydroxyl groups is 2. The first-order valence-electron chi connectivity index (χ1n) is 16.7. The van der Waals surface area contributed by atoms with E-state index < -0.39 is 11.7 Å². The Hall–Kier alpha value is -5.00. The molecule has 1 saturated heterocycles. The predicted molar refractivity (Wildman–Crippen MR) is 182 cm³/mol. The maximum absolute atomic E-state index is 14.4. The molecule has 4 N–H and O–H groups in total. The minimum atomic E-state index is -0.662. The third kappa shape index (κ3) is 8.73. The van der Waals surface area contributed by atoms with Gasteiger partial charge >= 0.3 is 0 Å². The first kappa shape index (κ1) is 33.9. The maximum atomic E-state index is 14.4. The Morgan fingerprint density at radius 2 is 1.67 bits per heavy atom. The molecule has 0 bridgehead atoms. The van der Waals surface area contributed by atoms with Gasteiger partial charge in [0.25, 0.3) is 11.8 Å². The monoisotopic (exact) mass is 668 g/mol. The Bertz CT molecular complexity index is 1800. The molecule has 2 amide bonds. The van der Waals surface area contributed by atoms with Crippen molar-refractivity contribution in [2.75, 3.05) is 26.3 Å². The topological polar surface area (TPSA) is 133 Å². The standard InChI is InChI=1S/C38H41FN4O6/c1-24-6-13-35(45)33(18-24)36(46)41-28-7-9-29(10-8-28)42-37(47)34-21-27(39)22-40-38(34)49-31-5-2-4-25(20-31)32-12-11-30(44)19-26(32)23-43-14-3-16-48-17-15-43/h2,4-6,11-13,18-22,28-29,44-45H,3,7-10,14-17,23H2,1H3,(H,41,46)(H,42,47). The summed E-state index contributed by atoms with van der Waals surface area (Å²) < 4.78 is 26.1. The molecule has 256 valence electrons. The fraction of sp³-hybridized carbons (Fsp3) is 0.342. The van der Waals surface area contributed by atoms with E-state index in [1.54, 1.807) is 30.3 Å². The number of rotatable bonds is 9. The van der Waals surface area contributed by atoms with Crippen LogP contribution in [0.25, 0.3) is 11.1 Å². The lowest BCUT2D eigenvalue weighted by Gasteiger charge is -2.30. The van der Waals surface area contributed by atoms with Gasteiger partial charge in [-0.2, -0.15) is 0 Å². The van der Waals surface area contributed by atoms with Gasteiger partial charge in [-0.1, -0.05) is 29.8 Å². The van der Waals surface area contributed by atoms with Gasteiger partial charge < -0.3 is 30.3 Å². The number of halogens is 1. The van der Waals surface area contributed by atoms with Crippen LogP contribution in [-0.2, 0) is 11.3 Å². The molecular formula is C38H41FN4O6. The Morgan fingerprint density at radius 3 is 2.45 bits per heavy atom. The van der Waals surface area contributed by atoms with Gasteiger partial charge in [-0.05, 0) is 98.2 Å². The van der Waals surface area contributed by atoms with Crippen molar-refractivity contribution < 1.29 is 33.7 Å². The number of hydrogen-bond donors (Lipinski definition) is 4. The Kier molecular flexibility index (Phi) is 10.7. The molecule has 1 aliphatic carbocycles. The van der Waals surface area contributed by atoms with Crippen LogP contribution in [0.2, 0.25) is 0 Å². The zero-order valence-electron chi connectivity index (χ0n) is 27.5. The summed E-state index contributed by atoms with van der Waals surface area (Å²) >= 11 is 0. The minimum Gasteiger partial charge on any atom is -0.508 e. The SMILES string of the molecule is Cc1ccc(O)c(C(=O)NC2CCC(NC(=O)c3cc(F)cnc3Oc3cccc(-c4ccc(O)cc4CN4CCCOCC4)c3)CC2)c1. The molecule has 1 aliphatic heterocycles. The molecule has 2 aliphatic rings. The lowest BCUT2D eigenvalue weighted by molar-refractivity contribution is 0.0888. The van der Waals surface area contributed by atoms with Gasteiger partial charge in [-0.25, -0.2) is 9.37 Å². The molecule has 1 aromatic heterocycles. The molecule has 6 rings (SSSR count). The van der Waals surface area contributed by atoms with E-state index in [0.717, 1.165) is 60.6 Å². The number of pyridine rings is 1. The highest BCUT2D eigenvalue weighted by molar-refractivity contribution is 5.97. The number of benzene rings is 3. The molecule has 2 heterocycles. The van der Waals surface area contributed by atoms with Crippen LogP contribution >= 0.6 is 0 Å². The lowest BCUT2D eigenvalue weighted by Crippen LogP contribution is -2.44. The van der Waals surface area contributed by atoms with Crippen LogP contribution < -0.4 is 15.4 Å². The van der Waals surface area contributed by atoms with Crippen molar-refractivity contribution in [3.05, 3.63) is 101 Å². The highest BCUT2D eigenvalue weighted by Crippen LogP contribution is 2.33. The van der Waals surface area contributed by atoms with E-state index in [1.807, 2.05) is 31.2 Å². The Labute approximate surface area is 284 Å². The number of nitrogens with one attached hydrogen (secondary N) is 2. The second-order valence-electron chi connectivity index (χ2n) is 12.7. The Balaban J connectivity index is 1.11. The maximum Gasteiger partial charge on any atom is 0.257 e. The van der Waals surface area contributed by atoms with E-state index in [4.69, 9.17) is 9.47 Å². The first-order valence-corrected chi connectivity index (χ1v) is 16.7. The van der Waals surface area contributed by atoms with Gasteiger partial charge in [-0.15, -0.1) is 0 Å². The van der Waals surface area contributed by atoms with Crippen molar-refractivity contribution >= 4 is 11.8 Å². The molecule has 0 spiro atoms.